The predicted octanol–water partition coefficient (Wildman–Crippen LogP) is 5.16. The maximum Gasteiger partial charge on any atom is 0.251 e. The second kappa shape index (κ2) is 9.54. The Labute approximate surface area is 157 Å². The molecule has 1 N–H and O–H groups in total. The molecule has 1 unspecified atom stereocenters. The first-order valence-corrected chi connectivity index (χ1v) is 9.38. The van der Waals surface area contributed by atoms with Gasteiger partial charge in [0.25, 0.3) is 5.91 Å². The molecule has 2 rings (SSSR count). The van der Waals surface area contributed by atoms with Crippen molar-refractivity contribution >= 4 is 5.91 Å². The molecule has 0 aliphatic carbocycles. The minimum absolute atomic E-state index is 0.00532. The SMILES string of the molecule is COCc1ccc(C(=O)NC(c2ccc(CC(C)C)cc2)C(C)C)cc1. The molecule has 2 aromatic rings. The maximum absolute atomic E-state index is 12.7. The molecule has 0 aromatic heterocycles. The van der Waals surface area contributed by atoms with Gasteiger partial charge in [0.2, 0.25) is 0 Å². The fourth-order valence-corrected chi connectivity index (χ4v) is 3.11. The Hall–Kier alpha value is -2.13. The summed E-state index contributed by atoms with van der Waals surface area (Å²) in [6, 6.07) is 16.2. The molecule has 0 radical (unpaired) electrons. The molecule has 0 heterocycles. The molecule has 2 aromatic carbocycles. The summed E-state index contributed by atoms with van der Waals surface area (Å²) >= 11 is 0. The van der Waals surface area contributed by atoms with Crippen LogP contribution >= 0.6 is 0 Å². The van der Waals surface area contributed by atoms with E-state index < -0.39 is 0 Å². The Morgan fingerprint density at radius 1 is 0.923 bits per heavy atom. The highest BCUT2D eigenvalue weighted by Crippen LogP contribution is 2.23. The van der Waals surface area contributed by atoms with E-state index in [2.05, 4.69) is 57.3 Å². The maximum atomic E-state index is 12.7. The predicted molar refractivity (Wildman–Crippen MR) is 107 cm³/mol. The van der Waals surface area contributed by atoms with E-state index in [1.807, 2.05) is 24.3 Å². The van der Waals surface area contributed by atoms with Crippen LogP contribution < -0.4 is 5.32 Å². The van der Waals surface area contributed by atoms with Gasteiger partial charge in [-0.05, 0) is 47.1 Å². The van der Waals surface area contributed by atoms with Crippen molar-refractivity contribution in [3.05, 3.63) is 70.8 Å². The van der Waals surface area contributed by atoms with Crippen LogP contribution in [0.2, 0.25) is 0 Å². The Balaban J connectivity index is 2.10. The van der Waals surface area contributed by atoms with Crippen LogP contribution in [0, 0.1) is 11.8 Å². The van der Waals surface area contributed by atoms with Gasteiger partial charge in [-0.25, -0.2) is 0 Å². The highest BCUT2D eigenvalue weighted by molar-refractivity contribution is 5.94. The summed E-state index contributed by atoms with van der Waals surface area (Å²) in [6.07, 6.45) is 1.08. The lowest BCUT2D eigenvalue weighted by molar-refractivity contribution is 0.0925. The fraction of sp³-hybridized carbons (Fsp3) is 0.435. The molecular formula is C23H31NO2. The Bertz CT molecular complexity index is 687. The molecule has 0 saturated heterocycles. The first-order valence-electron chi connectivity index (χ1n) is 9.38. The number of methoxy groups -OCH3 is 1. The van der Waals surface area contributed by atoms with E-state index in [4.69, 9.17) is 4.74 Å². The third-order valence-corrected chi connectivity index (χ3v) is 4.46. The fourth-order valence-electron chi connectivity index (χ4n) is 3.11. The highest BCUT2D eigenvalue weighted by Gasteiger charge is 2.19. The van der Waals surface area contributed by atoms with Gasteiger partial charge >= 0.3 is 0 Å². The van der Waals surface area contributed by atoms with Crippen LogP contribution in [0.3, 0.4) is 0 Å². The van der Waals surface area contributed by atoms with Crippen molar-refractivity contribution in [2.24, 2.45) is 11.8 Å². The standard InChI is InChI=1S/C23H31NO2/c1-16(2)14-18-6-10-20(11-7-18)22(17(3)4)24-23(25)21-12-8-19(9-13-21)15-26-5/h6-13,16-17,22H,14-15H2,1-5H3,(H,24,25). The number of amides is 1. The van der Waals surface area contributed by atoms with Crippen LogP contribution in [0.25, 0.3) is 0 Å². The van der Waals surface area contributed by atoms with Crippen LogP contribution in [0.15, 0.2) is 48.5 Å². The van der Waals surface area contributed by atoms with Gasteiger partial charge in [0.15, 0.2) is 0 Å². The quantitative estimate of drug-likeness (QED) is 0.712. The van der Waals surface area contributed by atoms with Crippen LogP contribution in [0.4, 0.5) is 0 Å². The Kier molecular flexibility index (Phi) is 7.40. The lowest BCUT2D eigenvalue weighted by Crippen LogP contribution is -2.31. The summed E-state index contributed by atoms with van der Waals surface area (Å²) in [4.78, 5) is 12.7. The number of benzene rings is 2. The van der Waals surface area contributed by atoms with Crippen molar-refractivity contribution in [1.29, 1.82) is 0 Å². The molecular weight excluding hydrogens is 322 g/mol. The third-order valence-electron chi connectivity index (χ3n) is 4.46. The van der Waals surface area contributed by atoms with Crippen LogP contribution in [-0.2, 0) is 17.8 Å². The number of carbonyl (C=O) groups excluding carboxylic acids is 1. The van der Waals surface area contributed by atoms with Gasteiger partial charge in [-0.15, -0.1) is 0 Å². The average molecular weight is 354 g/mol. The molecule has 0 aliphatic rings. The first kappa shape index (κ1) is 20.2. The zero-order valence-electron chi connectivity index (χ0n) is 16.6. The normalized spacial score (nSPS) is 12.4. The first-order chi connectivity index (χ1) is 12.4. The Morgan fingerprint density at radius 3 is 2.00 bits per heavy atom. The molecule has 0 saturated carbocycles. The minimum atomic E-state index is -0.0427. The lowest BCUT2D eigenvalue weighted by Gasteiger charge is -2.23. The van der Waals surface area contributed by atoms with Gasteiger partial charge in [-0.1, -0.05) is 64.1 Å². The van der Waals surface area contributed by atoms with Crippen molar-refractivity contribution in [3.8, 4) is 0 Å². The lowest BCUT2D eigenvalue weighted by atomic mass is 9.93. The monoisotopic (exact) mass is 353 g/mol. The summed E-state index contributed by atoms with van der Waals surface area (Å²) in [6.45, 7) is 9.27. The zero-order chi connectivity index (χ0) is 19.1. The molecule has 0 fully saturated rings. The number of rotatable bonds is 8. The number of nitrogens with one attached hydrogen (secondary N) is 1. The topological polar surface area (TPSA) is 38.3 Å². The minimum Gasteiger partial charge on any atom is -0.380 e. The van der Waals surface area contributed by atoms with Crippen LogP contribution in [0.1, 0.15) is 60.8 Å². The molecule has 0 spiro atoms. The summed E-state index contributed by atoms with van der Waals surface area (Å²) in [5.74, 6) is 0.907. The second-order valence-electron chi connectivity index (χ2n) is 7.66. The van der Waals surface area contributed by atoms with Gasteiger partial charge in [0, 0.05) is 12.7 Å². The van der Waals surface area contributed by atoms with Crippen LogP contribution in [-0.4, -0.2) is 13.0 Å². The zero-order valence-corrected chi connectivity index (χ0v) is 16.6. The molecule has 3 nitrogen and oxygen atoms in total. The summed E-state index contributed by atoms with van der Waals surface area (Å²) in [7, 11) is 1.67. The van der Waals surface area contributed by atoms with Gasteiger partial charge in [0.05, 0.1) is 12.6 Å². The van der Waals surface area contributed by atoms with Crippen molar-refractivity contribution in [2.75, 3.05) is 7.11 Å². The van der Waals surface area contributed by atoms with E-state index in [0.717, 1.165) is 17.5 Å². The summed E-state index contributed by atoms with van der Waals surface area (Å²) in [5, 5.41) is 3.19. The number of hydrogen-bond acceptors (Lipinski definition) is 2. The highest BCUT2D eigenvalue weighted by atomic mass is 16.5. The largest absolute Gasteiger partial charge is 0.380 e. The molecule has 0 aliphatic heterocycles. The van der Waals surface area contributed by atoms with Crippen molar-refractivity contribution in [3.63, 3.8) is 0 Å². The second-order valence-corrected chi connectivity index (χ2v) is 7.66. The van der Waals surface area contributed by atoms with E-state index in [1.165, 1.54) is 5.56 Å². The Morgan fingerprint density at radius 2 is 1.50 bits per heavy atom. The molecule has 3 heteroatoms. The van der Waals surface area contributed by atoms with Gasteiger partial charge in [-0.2, -0.15) is 0 Å². The van der Waals surface area contributed by atoms with E-state index in [0.29, 0.717) is 24.0 Å². The molecule has 26 heavy (non-hydrogen) atoms. The van der Waals surface area contributed by atoms with E-state index >= 15 is 0 Å². The molecule has 1 amide bonds. The van der Waals surface area contributed by atoms with Crippen molar-refractivity contribution in [1.82, 2.24) is 5.32 Å². The summed E-state index contributed by atoms with van der Waals surface area (Å²) < 4.78 is 5.12. The van der Waals surface area contributed by atoms with E-state index in [-0.39, 0.29) is 11.9 Å². The third kappa shape index (κ3) is 5.70. The average Bonchev–Trinajstić information content (AvgIpc) is 2.60. The number of carbonyl (C=O) groups is 1. The molecule has 0 bridgehead atoms. The van der Waals surface area contributed by atoms with Gasteiger partial charge < -0.3 is 10.1 Å². The molecule has 140 valence electrons. The number of hydrogen-bond donors (Lipinski definition) is 1. The van der Waals surface area contributed by atoms with Gasteiger partial charge in [0.1, 0.15) is 0 Å². The van der Waals surface area contributed by atoms with E-state index in [9.17, 15) is 4.79 Å². The van der Waals surface area contributed by atoms with E-state index in [1.54, 1.807) is 7.11 Å². The summed E-state index contributed by atoms with van der Waals surface area (Å²) in [5.41, 5.74) is 4.22. The van der Waals surface area contributed by atoms with Crippen molar-refractivity contribution < 1.29 is 9.53 Å². The van der Waals surface area contributed by atoms with Crippen LogP contribution in [0.5, 0.6) is 0 Å². The van der Waals surface area contributed by atoms with Gasteiger partial charge in [-0.3, -0.25) is 4.79 Å². The molecule has 1 atom stereocenters. The van der Waals surface area contributed by atoms with Crippen molar-refractivity contribution in [2.45, 2.75) is 46.8 Å². The smallest absolute Gasteiger partial charge is 0.251 e. The number of ether oxygens (including phenoxy) is 1.